The SMILES string of the molecule is CC(NCc1cccc(Br)n1)c1cccc(F)c1. The summed E-state index contributed by atoms with van der Waals surface area (Å²) in [5.41, 5.74) is 1.89. The molecule has 0 saturated heterocycles. The molecule has 1 unspecified atom stereocenters. The van der Waals surface area contributed by atoms with Crippen LogP contribution in [0.3, 0.4) is 0 Å². The molecule has 0 spiro atoms. The van der Waals surface area contributed by atoms with Gasteiger partial charge in [-0.3, -0.25) is 0 Å². The van der Waals surface area contributed by atoms with Crippen molar-refractivity contribution in [3.8, 4) is 0 Å². The molecule has 0 aliphatic carbocycles. The van der Waals surface area contributed by atoms with Crippen LogP contribution in [0.1, 0.15) is 24.2 Å². The van der Waals surface area contributed by atoms with Crippen LogP contribution in [-0.2, 0) is 6.54 Å². The molecule has 0 radical (unpaired) electrons. The average molecular weight is 309 g/mol. The number of aromatic nitrogens is 1. The van der Waals surface area contributed by atoms with Crippen molar-refractivity contribution in [2.75, 3.05) is 0 Å². The van der Waals surface area contributed by atoms with E-state index in [1.807, 2.05) is 31.2 Å². The lowest BCUT2D eigenvalue weighted by atomic mass is 10.1. The van der Waals surface area contributed by atoms with Gasteiger partial charge in [0.2, 0.25) is 0 Å². The summed E-state index contributed by atoms with van der Waals surface area (Å²) >= 11 is 3.34. The minimum absolute atomic E-state index is 0.0847. The van der Waals surface area contributed by atoms with Gasteiger partial charge in [0.25, 0.3) is 0 Å². The lowest BCUT2D eigenvalue weighted by Gasteiger charge is -2.14. The molecule has 94 valence electrons. The monoisotopic (exact) mass is 308 g/mol. The summed E-state index contributed by atoms with van der Waals surface area (Å²) in [6.07, 6.45) is 0. The average Bonchev–Trinajstić information content (AvgIpc) is 2.36. The molecule has 2 nitrogen and oxygen atoms in total. The maximum Gasteiger partial charge on any atom is 0.123 e. The van der Waals surface area contributed by atoms with Crippen LogP contribution < -0.4 is 5.32 Å². The highest BCUT2D eigenvalue weighted by molar-refractivity contribution is 9.10. The molecule has 0 fully saturated rings. The molecule has 1 heterocycles. The van der Waals surface area contributed by atoms with E-state index in [-0.39, 0.29) is 11.9 Å². The summed E-state index contributed by atoms with van der Waals surface area (Å²) in [5.74, 6) is -0.207. The van der Waals surface area contributed by atoms with Crippen molar-refractivity contribution in [1.29, 1.82) is 0 Å². The molecular weight excluding hydrogens is 295 g/mol. The molecule has 4 heteroatoms. The smallest absolute Gasteiger partial charge is 0.123 e. The Morgan fingerprint density at radius 2 is 2.06 bits per heavy atom. The molecule has 1 N–H and O–H groups in total. The highest BCUT2D eigenvalue weighted by atomic mass is 79.9. The minimum Gasteiger partial charge on any atom is -0.305 e. The molecule has 0 bridgehead atoms. The van der Waals surface area contributed by atoms with Crippen molar-refractivity contribution < 1.29 is 4.39 Å². The van der Waals surface area contributed by atoms with Crippen LogP contribution in [0.5, 0.6) is 0 Å². The second-order valence-corrected chi connectivity index (χ2v) is 4.92. The molecular formula is C14H14BrFN2. The largest absolute Gasteiger partial charge is 0.305 e. The van der Waals surface area contributed by atoms with Gasteiger partial charge in [0.05, 0.1) is 5.69 Å². The first-order valence-electron chi connectivity index (χ1n) is 5.75. The van der Waals surface area contributed by atoms with E-state index in [1.165, 1.54) is 6.07 Å². The topological polar surface area (TPSA) is 24.9 Å². The van der Waals surface area contributed by atoms with Gasteiger partial charge in [-0.1, -0.05) is 18.2 Å². The van der Waals surface area contributed by atoms with E-state index in [9.17, 15) is 4.39 Å². The second kappa shape index (κ2) is 6.07. The normalized spacial score (nSPS) is 12.4. The molecule has 1 aromatic carbocycles. The highest BCUT2D eigenvalue weighted by Crippen LogP contribution is 2.14. The molecule has 1 atom stereocenters. The molecule has 18 heavy (non-hydrogen) atoms. The highest BCUT2D eigenvalue weighted by Gasteiger charge is 2.06. The van der Waals surface area contributed by atoms with E-state index >= 15 is 0 Å². The van der Waals surface area contributed by atoms with Gasteiger partial charge in [0.15, 0.2) is 0 Å². The van der Waals surface area contributed by atoms with E-state index in [4.69, 9.17) is 0 Å². The molecule has 0 amide bonds. The van der Waals surface area contributed by atoms with Gasteiger partial charge in [0, 0.05) is 12.6 Å². The van der Waals surface area contributed by atoms with Crippen molar-refractivity contribution >= 4 is 15.9 Å². The van der Waals surface area contributed by atoms with Gasteiger partial charge in [-0.05, 0) is 52.7 Å². The minimum atomic E-state index is -0.207. The van der Waals surface area contributed by atoms with Gasteiger partial charge in [-0.2, -0.15) is 0 Å². The van der Waals surface area contributed by atoms with Crippen LogP contribution in [0.4, 0.5) is 4.39 Å². The predicted molar refractivity (Wildman–Crippen MR) is 73.6 cm³/mol. The van der Waals surface area contributed by atoms with E-state index in [0.29, 0.717) is 6.54 Å². The quantitative estimate of drug-likeness (QED) is 0.868. The summed E-state index contributed by atoms with van der Waals surface area (Å²) < 4.78 is 13.9. The zero-order valence-electron chi connectivity index (χ0n) is 10.0. The van der Waals surface area contributed by atoms with Crippen LogP contribution >= 0.6 is 15.9 Å². The maximum atomic E-state index is 13.1. The Morgan fingerprint density at radius 1 is 1.28 bits per heavy atom. The Hall–Kier alpha value is -1.26. The summed E-state index contributed by atoms with van der Waals surface area (Å²) in [6.45, 7) is 2.66. The Morgan fingerprint density at radius 3 is 2.78 bits per heavy atom. The Kier molecular flexibility index (Phi) is 4.44. The van der Waals surface area contributed by atoms with Crippen LogP contribution in [-0.4, -0.2) is 4.98 Å². The number of hydrogen-bond acceptors (Lipinski definition) is 2. The van der Waals surface area contributed by atoms with E-state index < -0.39 is 0 Å². The molecule has 2 rings (SSSR count). The number of nitrogens with one attached hydrogen (secondary N) is 1. The maximum absolute atomic E-state index is 13.1. The van der Waals surface area contributed by atoms with Crippen LogP contribution in [0, 0.1) is 5.82 Å². The number of nitrogens with zero attached hydrogens (tertiary/aromatic N) is 1. The van der Waals surface area contributed by atoms with E-state index in [2.05, 4.69) is 26.2 Å². The first-order chi connectivity index (χ1) is 8.65. The van der Waals surface area contributed by atoms with Crippen molar-refractivity contribution in [3.05, 3.63) is 64.1 Å². The Labute approximate surface area is 114 Å². The summed E-state index contributed by atoms with van der Waals surface area (Å²) in [4.78, 5) is 4.34. The van der Waals surface area contributed by atoms with E-state index in [1.54, 1.807) is 12.1 Å². The molecule has 1 aromatic heterocycles. The van der Waals surface area contributed by atoms with Crippen LogP contribution in [0.2, 0.25) is 0 Å². The van der Waals surface area contributed by atoms with Gasteiger partial charge in [-0.25, -0.2) is 9.37 Å². The summed E-state index contributed by atoms with van der Waals surface area (Å²) in [6, 6.07) is 12.5. The Balaban J connectivity index is 1.98. The zero-order chi connectivity index (χ0) is 13.0. The van der Waals surface area contributed by atoms with Crippen molar-refractivity contribution in [3.63, 3.8) is 0 Å². The zero-order valence-corrected chi connectivity index (χ0v) is 11.6. The van der Waals surface area contributed by atoms with Crippen molar-refractivity contribution in [2.45, 2.75) is 19.5 Å². The van der Waals surface area contributed by atoms with Crippen molar-refractivity contribution in [1.82, 2.24) is 10.3 Å². The number of rotatable bonds is 4. The van der Waals surface area contributed by atoms with Gasteiger partial charge >= 0.3 is 0 Å². The molecule has 2 aromatic rings. The first-order valence-corrected chi connectivity index (χ1v) is 6.55. The third-order valence-corrected chi connectivity index (χ3v) is 3.15. The van der Waals surface area contributed by atoms with Gasteiger partial charge in [-0.15, -0.1) is 0 Å². The predicted octanol–water partition coefficient (Wildman–Crippen LogP) is 3.83. The number of hydrogen-bond donors (Lipinski definition) is 1. The third kappa shape index (κ3) is 3.62. The fraction of sp³-hybridized carbons (Fsp3) is 0.214. The number of pyridine rings is 1. The molecule has 0 saturated carbocycles. The van der Waals surface area contributed by atoms with E-state index in [0.717, 1.165) is 15.9 Å². The lowest BCUT2D eigenvalue weighted by Crippen LogP contribution is -2.18. The van der Waals surface area contributed by atoms with Crippen LogP contribution in [0.25, 0.3) is 0 Å². The first kappa shape index (κ1) is 13.2. The van der Waals surface area contributed by atoms with Crippen LogP contribution in [0.15, 0.2) is 47.1 Å². The standard InChI is InChI=1S/C14H14BrFN2/c1-10(11-4-2-5-12(16)8-11)17-9-13-6-3-7-14(15)18-13/h2-8,10,17H,9H2,1H3. The van der Waals surface area contributed by atoms with Crippen molar-refractivity contribution in [2.24, 2.45) is 0 Å². The number of halogens is 2. The number of benzene rings is 1. The summed E-state index contributed by atoms with van der Waals surface area (Å²) in [5, 5.41) is 3.32. The Bertz CT molecular complexity index is 531. The second-order valence-electron chi connectivity index (χ2n) is 4.11. The van der Waals surface area contributed by atoms with Gasteiger partial charge in [0.1, 0.15) is 10.4 Å². The molecule has 0 aliphatic rings. The fourth-order valence-corrected chi connectivity index (χ4v) is 2.08. The van der Waals surface area contributed by atoms with Gasteiger partial charge < -0.3 is 5.32 Å². The lowest BCUT2D eigenvalue weighted by molar-refractivity contribution is 0.559. The third-order valence-electron chi connectivity index (χ3n) is 2.71. The fourth-order valence-electron chi connectivity index (χ4n) is 1.70. The summed E-state index contributed by atoms with van der Waals surface area (Å²) in [7, 11) is 0. The molecule has 0 aliphatic heterocycles.